The highest BCUT2D eigenvalue weighted by molar-refractivity contribution is 4.82. The second kappa shape index (κ2) is 7.41. The molecule has 1 heteroatoms. The number of hydrogen-bond donors (Lipinski definition) is 1. The normalized spacial score (nSPS) is 32.3. The van der Waals surface area contributed by atoms with Gasteiger partial charge in [0.15, 0.2) is 0 Å². The van der Waals surface area contributed by atoms with Crippen LogP contribution in [0, 0.1) is 17.8 Å². The van der Waals surface area contributed by atoms with Gasteiger partial charge in [-0.05, 0) is 43.7 Å². The lowest BCUT2D eigenvalue weighted by Crippen LogP contribution is -2.32. The summed E-state index contributed by atoms with van der Waals surface area (Å²) in [6.45, 7) is 4.68. The molecule has 0 aromatic rings. The van der Waals surface area contributed by atoms with Gasteiger partial charge < -0.3 is 5.32 Å². The van der Waals surface area contributed by atoms with Crippen molar-refractivity contribution in [1.29, 1.82) is 0 Å². The van der Waals surface area contributed by atoms with Gasteiger partial charge in [-0.2, -0.15) is 0 Å². The second-order valence-corrected chi connectivity index (χ2v) is 6.27. The van der Waals surface area contributed by atoms with Crippen molar-refractivity contribution in [2.24, 2.45) is 17.8 Å². The van der Waals surface area contributed by atoms with Crippen LogP contribution in [0.2, 0.25) is 0 Å². The molecule has 2 atom stereocenters. The van der Waals surface area contributed by atoms with E-state index in [0.29, 0.717) is 0 Å². The summed E-state index contributed by atoms with van der Waals surface area (Å²) in [6.07, 6.45) is 15.1. The fourth-order valence-electron chi connectivity index (χ4n) is 4.18. The van der Waals surface area contributed by atoms with Crippen molar-refractivity contribution in [2.45, 2.75) is 71.1 Å². The SMILES string of the molecule is CCNCC1CCCCCC1C1CCCCC1. The lowest BCUT2D eigenvalue weighted by Gasteiger charge is -2.35. The summed E-state index contributed by atoms with van der Waals surface area (Å²) in [5.41, 5.74) is 0. The summed E-state index contributed by atoms with van der Waals surface area (Å²) in [6, 6.07) is 0. The molecule has 0 radical (unpaired) electrons. The minimum atomic E-state index is 0.987. The summed E-state index contributed by atoms with van der Waals surface area (Å²) < 4.78 is 0. The highest BCUT2D eigenvalue weighted by Crippen LogP contribution is 2.40. The first-order valence-corrected chi connectivity index (χ1v) is 8.12. The maximum Gasteiger partial charge on any atom is -0.00179 e. The van der Waals surface area contributed by atoms with Gasteiger partial charge in [0.1, 0.15) is 0 Å². The molecule has 1 N–H and O–H groups in total. The topological polar surface area (TPSA) is 12.0 Å². The molecule has 2 rings (SSSR count). The Kier molecular flexibility index (Phi) is 5.84. The fraction of sp³-hybridized carbons (Fsp3) is 1.00. The zero-order valence-corrected chi connectivity index (χ0v) is 11.7. The lowest BCUT2D eigenvalue weighted by molar-refractivity contribution is 0.164. The highest BCUT2D eigenvalue weighted by Gasteiger charge is 2.30. The number of rotatable bonds is 4. The molecule has 0 aromatic heterocycles. The predicted molar refractivity (Wildman–Crippen MR) is 75.2 cm³/mol. The predicted octanol–water partition coefficient (Wildman–Crippen LogP) is 4.37. The first-order valence-electron chi connectivity index (χ1n) is 8.12. The third-order valence-corrected chi connectivity index (χ3v) is 5.13. The lowest BCUT2D eigenvalue weighted by atomic mass is 9.72. The Balaban J connectivity index is 1.92. The van der Waals surface area contributed by atoms with E-state index in [-0.39, 0.29) is 0 Å². The van der Waals surface area contributed by atoms with Gasteiger partial charge in [-0.25, -0.2) is 0 Å². The highest BCUT2D eigenvalue weighted by atomic mass is 14.8. The van der Waals surface area contributed by atoms with Gasteiger partial charge in [-0.1, -0.05) is 58.3 Å². The Morgan fingerprint density at radius 1 is 0.824 bits per heavy atom. The standard InChI is InChI=1S/C16H31N/c1-2-17-13-15-11-7-4-8-12-16(15)14-9-5-3-6-10-14/h14-17H,2-13H2,1H3. The molecule has 2 unspecified atom stereocenters. The summed E-state index contributed by atoms with van der Waals surface area (Å²) in [5, 5.41) is 3.61. The van der Waals surface area contributed by atoms with Crippen LogP contribution < -0.4 is 5.32 Å². The van der Waals surface area contributed by atoms with Crippen molar-refractivity contribution in [3.63, 3.8) is 0 Å². The zero-order chi connectivity index (χ0) is 11.9. The maximum atomic E-state index is 3.61. The van der Waals surface area contributed by atoms with Gasteiger partial charge in [0, 0.05) is 0 Å². The Labute approximate surface area is 108 Å². The van der Waals surface area contributed by atoms with Crippen molar-refractivity contribution < 1.29 is 0 Å². The molecule has 17 heavy (non-hydrogen) atoms. The Bertz CT molecular complexity index is 196. The van der Waals surface area contributed by atoms with E-state index >= 15 is 0 Å². The zero-order valence-electron chi connectivity index (χ0n) is 11.7. The van der Waals surface area contributed by atoms with E-state index in [2.05, 4.69) is 12.2 Å². The molecular formula is C16H31N. The van der Waals surface area contributed by atoms with Crippen molar-refractivity contribution in [3.05, 3.63) is 0 Å². The Hall–Kier alpha value is -0.0400. The third kappa shape index (κ3) is 3.98. The molecule has 2 aliphatic carbocycles. The minimum absolute atomic E-state index is 0.987. The number of nitrogens with one attached hydrogen (secondary N) is 1. The van der Waals surface area contributed by atoms with Crippen molar-refractivity contribution in [1.82, 2.24) is 5.32 Å². The van der Waals surface area contributed by atoms with E-state index in [9.17, 15) is 0 Å². The molecular weight excluding hydrogens is 206 g/mol. The quantitative estimate of drug-likeness (QED) is 0.716. The summed E-state index contributed by atoms with van der Waals surface area (Å²) in [4.78, 5) is 0. The van der Waals surface area contributed by atoms with Crippen LogP contribution in [0.25, 0.3) is 0 Å². The van der Waals surface area contributed by atoms with Gasteiger partial charge in [0.2, 0.25) is 0 Å². The fourth-order valence-corrected chi connectivity index (χ4v) is 4.18. The maximum absolute atomic E-state index is 3.61. The molecule has 0 spiro atoms. The summed E-state index contributed by atoms with van der Waals surface area (Å²) >= 11 is 0. The van der Waals surface area contributed by atoms with E-state index in [0.717, 1.165) is 24.3 Å². The van der Waals surface area contributed by atoms with Crippen LogP contribution in [-0.2, 0) is 0 Å². The van der Waals surface area contributed by atoms with Crippen LogP contribution in [0.1, 0.15) is 71.1 Å². The largest absolute Gasteiger partial charge is 0.317 e. The number of hydrogen-bond acceptors (Lipinski definition) is 1. The molecule has 0 saturated heterocycles. The van der Waals surface area contributed by atoms with E-state index in [4.69, 9.17) is 0 Å². The molecule has 0 amide bonds. The molecule has 0 heterocycles. The molecule has 1 nitrogen and oxygen atoms in total. The molecule has 0 aromatic carbocycles. The van der Waals surface area contributed by atoms with Crippen LogP contribution in [0.4, 0.5) is 0 Å². The molecule has 2 saturated carbocycles. The third-order valence-electron chi connectivity index (χ3n) is 5.13. The van der Waals surface area contributed by atoms with Crippen molar-refractivity contribution in [3.8, 4) is 0 Å². The van der Waals surface area contributed by atoms with E-state index in [1.165, 1.54) is 70.8 Å². The second-order valence-electron chi connectivity index (χ2n) is 6.27. The van der Waals surface area contributed by atoms with Gasteiger partial charge >= 0.3 is 0 Å². The first-order chi connectivity index (χ1) is 8.42. The van der Waals surface area contributed by atoms with E-state index in [1.54, 1.807) is 0 Å². The van der Waals surface area contributed by atoms with Crippen molar-refractivity contribution >= 4 is 0 Å². The first kappa shape index (κ1) is 13.4. The summed E-state index contributed by atoms with van der Waals surface area (Å²) in [5.74, 6) is 3.11. The average molecular weight is 237 g/mol. The van der Waals surface area contributed by atoms with Gasteiger partial charge in [-0.15, -0.1) is 0 Å². The Morgan fingerprint density at radius 3 is 2.18 bits per heavy atom. The van der Waals surface area contributed by atoms with Crippen LogP contribution in [0.15, 0.2) is 0 Å². The van der Waals surface area contributed by atoms with E-state index in [1.807, 2.05) is 0 Å². The molecule has 0 bridgehead atoms. The average Bonchev–Trinajstić information content (AvgIpc) is 2.62. The molecule has 2 aliphatic rings. The molecule has 100 valence electrons. The van der Waals surface area contributed by atoms with E-state index < -0.39 is 0 Å². The summed E-state index contributed by atoms with van der Waals surface area (Å²) in [7, 11) is 0. The molecule has 2 fully saturated rings. The van der Waals surface area contributed by atoms with Gasteiger partial charge in [0.05, 0.1) is 0 Å². The van der Waals surface area contributed by atoms with Gasteiger partial charge in [0.25, 0.3) is 0 Å². The van der Waals surface area contributed by atoms with Crippen LogP contribution >= 0.6 is 0 Å². The minimum Gasteiger partial charge on any atom is -0.317 e. The van der Waals surface area contributed by atoms with Crippen LogP contribution in [0.5, 0.6) is 0 Å². The van der Waals surface area contributed by atoms with Crippen LogP contribution in [0.3, 0.4) is 0 Å². The Morgan fingerprint density at radius 2 is 1.47 bits per heavy atom. The monoisotopic (exact) mass is 237 g/mol. The van der Waals surface area contributed by atoms with Crippen molar-refractivity contribution in [2.75, 3.05) is 13.1 Å². The smallest absolute Gasteiger partial charge is 0.00179 e. The van der Waals surface area contributed by atoms with Crippen LogP contribution in [-0.4, -0.2) is 13.1 Å². The molecule has 0 aliphatic heterocycles. The van der Waals surface area contributed by atoms with Gasteiger partial charge in [-0.3, -0.25) is 0 Å².